The summed E-state index contributed by atoms with van der Waals surface area (Å²) >= 11 is 0. The number of benzene rings is 2. The summed E-state index contributed by atoms with van der Waals surface area (Å²) in [5.41, 5.74) is 7.04. The minimum atomic E-state index is -3.32. The molecular formula is C26H24F6N6O2. The Morgan fingerprint density at radius 3 is 2.58 bits per heavy atom. The highest BCUT2D eigenvalue weighted by molar-refractivity contribution is 5.96. The summed E-state index contributed by atoms with van der Waals surface area (Å²) < 4.78 is 84.6. The number of nitrogens with two attached hydrogens (primary N) is 1. The van der Waals surface area contributed by atoms with E-state index in [1.165, 1.54) is 23.0 Å². The summed E-state index contributed by atoms with van der Waals surface area (Å²) in [6.45, 7) is -1.48. The zero-order chi connectivity index (χ0) is 29.0. The van der Waals surface area contributed by atoms with Gasteiger partial charge >= 0.3 is 6.61 Å². The number of alkyl halides is 4. The Morgan fingerprint density at radius 1 is 1.10 bits per heavy atom. The van der Waals surface area contributed by atoms with Crippen molar-refractivity contribution in [3.05, 3.63) is 71.7 Å². The summed E-state index contributed by atoms with van der Waals surface area (Å²) in [7, 11) is 0. The zero-order valence-electron chi connectivity index (χ0n) is 21.0. The molecule has 40 heavy (non-hydrogen) atoms. The van der Waals surface area contributed by atoms with Crippen molar-refractivity contribution in [1.29, 1.82) is 0 Å². The minimum absolute atomic E-state index is 0.00586. The van der Waals surface area contributed by atoms with E-state index in [9.17, 15) is 31.1 Å². The summed E-state index contributed by atoms with van der Waals surface area (Å²) in [5, 5.41) is 5.67. The van der Waals surface area contributed by atoms with E-state index < -0.39 is 42.4 Å². The predicted molar refractivity (Wildman–Crippen MR) is 135 cm³/mol. The highest BCUT2D eigenvalue weighted by atomic mass is 19.3. The van der Waals surface area contributed by atoms with Gasteiger partial charge in [-0.15, -0.1) is 0 Å². The predicted octanol–water partition coefficient (Wildman–Crippen LogP) is 5.29. The lowest BCUT2D eigenvalue weighted by molar-refractivity contribution is -0.0525. The third-order valence-corrected chi connectivity index (χ3v) is 6.05. The number of rotatable bonds is 11. The summed E-state index contributed by atoms with van der Waals surface area (Å²) in [5.74, 6) is -4.04. The molecule has 2 aromatic carbocycles. The van der Waals surface area contributed by atoms with Crippen LogP contribution in [0.3, 0.4) is 0 Å². The van der Waals surface area contributed by atoms with E-state index in [1.807, 2.05) is 6.92 Å². The van der Waals surface area contributed by atoms with E-state index in [4.69, 9.17) is 5.73 Å². The molecule has 4 N–H and O–H groups in total. The number of ether oxygens (including phenoxy) is 1. The first-order valence-electron chi connectivity index (χ1n) is 12.1. The summed E-state index contributed by atoms with van der Waals surface area (Å²) in [6, 6.07) is 5.57. The second-order valence-electron chi connectivity index (χ2n) is 8.62. The van der Waals surface area contributed by atoms with Gasteiger partial charge in [-0.2, -0.15) is 13.2 Å². The van der Waals surface area contributed by atoms with E-state index in [1.54, 1.807) is 18.2 Å². The first-order valence-corrected chi connectivity index (χ1v) is 12.1. The SMILES string of the molecule is CCc1cc(Nc2nccn3c(-c4ccc(OC(F)F)c(F)c4F)cnc23)ccc1C(=O)NCC[C@H](N)C(F)F. The topological polar surface area (TPSA) is 107 Å². The smallest absolute Gasteiger partial charge is 0.387 e. The van der Waals surface area contributed by atoms with Gasteiger partial charge in [0.2, 0.25) is 5.82 Å². The largest absolute Gasteiger partial charge is 0.432 e. The fourth-order valence-electron chi connectivity index (χ4n) is 4.02. The third kappa shape index (κ3) is 6.11. The van der Waals surface area contributed by atoms with Crippen molar-refractivity contribution in [1.82, 2.24) is 19.7 Å². The van der Waals surface area contributed by atoms with E-state index in [2.05, 4.69) is 25.3 Å². The maximum absolute atomic E-state index is 14.7. The standard InChI is InChI=1S/C26H24F6N6O2/c1-2-13-11-14(3-4-15(13)25(39)35-8-7-17(33)22(29)30)37-23-24-36-12-18(38(24)10-9-34-23)16-5-6-19(40-26(31)32)21(28)20(16)27/h3-6,9-12,17,22,26H,2,7-8,33H2,1H3,(H,34,37)(H,35,39)/t17-/m0/s1. The maximum Gasteiger partial charge on any atom is 0.387 e. The Labute approximate surface area is 224 Å². The third-order valence-electron chi connectivity index (χ3n) is 6.05. The Balaban J connectivity index is 1.57. The van der Waals surface area contributed by atoms with E-state index in [-0.39, 0.29) is 35.7 Å². The molecule has 0 aliphatic rings. The van der Waals surface area contributed by atoms with Crippen LogP contribution in [-0.4, -0.2) is 45.9 Å². The number of hydrogen-bond acceptors (Lipinski definition) is 6. The number of halogens is 6. The van der Waals surface area contributed by atoms with Gasteiger partial charge in [-0.05, 0) is 48.7 Å². The van der Waals surface area contributed by atoms with Crippen molar-refractivity contribution in [3.63, 3.8) is 0 Å². The number of amides is 1. The number of fused-ring (bicyclic) bond motifs is 1. The van der Waals surface area contributed by atoms with Crippen LogP contribution in [0.4, 0.5) is 37.8 Å². The number of carbonyl (C=O) groups is 1. The number of nitrogens with zero attached hydrogens (tertiary/aromatic N) is 3. The lowest BCUT2D eigenvalue weighted by Gasteiger charge is -2.14. The molecule has 4 aromatic rings. The molecule has 212 valence electrons. The molecule has 4 rings (SSSR count). The molecular weight excluding hydrogens is 542 g/mol. The average Bonchev–Trinajstić information content (AvgIpc) is 3.35. The van der Waals surface area contributed by atoms with Crippen LogP contribution in [0.15, 0.2) is 48.9 Å². The van der Waals surface area contributed by atoms with Crippen molar-refractivity contribution in [2.75, 3.05) is 11.9 Å². The van der Waals surface area contributed by atoms with Gasteiger partial charge in [0.05, 0.1) is 17.9 Å². The van der Waals surface area contributed by atoms with Crippen LogP contribution in [0.25, 0.3) is 16.9 Å². The molecule has 2 heterocycles. The fourth-order valence-corrected chi connectivity index (χ4v) is 4.02. The molecule has 0 radical (unpaired) electrons. The number of carbonyl (C=O) groups excluding carboxylic acids is 1. The minimum Gasteiger partial charge on any atom is -0.432 e. The molecule has 1 atom stereocenters. The maximum atomic E-state index is 14.7. The van der Waals surface area contributed by atoms with E-state index in [0.29, 0.717) is 23.2 Å². The number of aryl methyl sites for hydroxylation is 1. The number of aromatic nitrogens is 3. The molecule has 0 unspecified atom stereocenters. The van der Waals surface area contributed by atoms with Crippen LogP contribution < -0.4 is 21.1 Å². The second kappa shape index (κ2) is 12.2. The van der Waals surface area contributed by atoms with Crippen LogP contribution >= 0.6 is 0 Å². The van der Waals surface area contributed by atoms with Gasteiger partial charge in [0.25, 0.3) is 12.3 Å². The first kappa shape index (κ1) is 28.7. The molecule has 0 aliphatic carbocycles. The van der Waals surface area contributed by atoms with Crippen molar-refractivity contribution in [2.45, 2.75) is 38.8 Å². The van der Waals surface area contributed by atoms with Crippen LogP contribution in [0.1, 0.15) is 29.3 Å². The molecule has 0 aliphatic heterocycles. The van der Waals surface area contributed by atoms with Gasteiger partial charge in [0.15, 0.2) is 23.0 Å². The highest BCUT2D eigenvalue weighted by Gasteiger charge is 2.21. The van der Waals surface area contributed by atoms with E-state index in [0.717, 1.165) is 12.1 Å². The van der Waals surface area contributed by atoms with Crippen molar-refractivity contribution >= 4 is 23.1 Å². The monoisotopic (exact) mass is 566 g/mol. The van der Waals surface area contributed by atoms with Crippen LogP contribution in [0.2, 0.25) is 0 Å². The lowest BCUT2D eigenvalue weighted by Crippen LogP contribution is -2.34. The number of imidazole rings is 1. The molecule has 0 fully saturated rings. The Kier molecular flexibility index (Phi) is 8.77. The van der Waals surface area contributed by atoms with Gasteiger partial charge < -0.3 is 21.1 Å². The normalized spacial score (nSPS) is 12.2. The molecule has 0 spiro atoms. The van der Waals surface area contributed by atoms with Gasteiger partial charge in [-0.25, -0.2) is 23.1 Å². The zero-order valence-corrected chi connectivity index (χ0v) is 21.0. The summed E-state index contributed by atoms with van der Waals surface area (Å²) in [4.78, 5) is 21.1. The summed E-state index contributed by atoms with van der Waals surface area (Å²) in [6.07, 6.45) is 1.88. The molecule has 0 bridgehead atoms. The Morgan fingerprint density at radius 2 is 1.88 bits per heavy atom. The average molecular weight is 567 g/mol. The van der Waals surface area contributed by atoms with Gasteiger partial charge in [0, 0.05) is 35.8 Å². The van der Waals surface area contributed by atoms with Gasteiger partial charge in [-0.3, -0.25) is 9.20 Å². The van der Waals surface area contributed by atoms with Gasteiger partial charge in [0.1, 0.15) is 0 Å². The van der Waals surface area contributed by atoms with Crippen LogP contribution in [-0.2, 0) is 6.42 Å². The molecule has 2 aromatic heterocycles. The fraction of sp³-hybridized carbons (Fsp3) is 0.269. The van der Waals surface area contributed by atoms with Gasteiger partial charge in [-0.1, -0.05) is 6.92 Å². The van der Waals surface area contributed by atoms with Crippen molar-refractivity contribution < 1.29 is 35.9 Å². The molecule has 8 nitrogen and oxygen atoms in total. The molecule has 0 saturated carbocycles. The second-order valence-corrected chi connectivity index (χ2v) is 8.62. The van der Waals surface area contributed by atoms with Crippen LogP contribution in [0.5, 0.6) is 5.75 Å². The first-order chi connectivity index (χ1) is 19.1. The Bertz CT molecular complexity index is 1510. The number of nitrogens with one attached hydrogen (secondary N) is 2. The molecule has 1 amide bonds. The van der Waals surface area contributed by atoms with Crippen molar-refractivity contribution in [3.8, 4) is 17.0 Å². The molecule has 0 saturated heterocycles. The van der Waals surface area contributed by atoms with E-state index >= 15 is 0 Å². The Hall–Kier alpha value is -4.33. The number of hydrogen-bond donors (Lipinski definition) is 3. The quantitative estimate of drug-likeness (QED) is 0.213. The van der Waals surface area contributed by atoms with Crippen LogP contribution in [0, 0.1) is 11.6 Å². The lowest BCUT2D eigenvalue weighted by atomic mass is 10.0. The molecule has 14 heteroatoms. The number of anilines is 2. The van der Waals surface area contributed by atoms with Crippen molar-refractivity contribution in [2.24, 2.45) is 5.73 Å². The highest BCUT2D eigenvalue weighted by Crippen LogP contribution is 2.32.